The number of hydrogen-bond acceptors (Lipinski definition) is 9. The van der Waals surface area contributed by atoms with Crippen molar-refractivity contribution in [3.63, 3.8) is 0 Å². The van der Waals surface area contributed by atoms with Gasteiger partial charge in [0, 0.05) is 49.6 Å². The number of anilines is 2. The van der Waals surface area contributed by atoms with Gasteiger partial charge in [-0.25, -0.2) is 29.7 Å². The zero-order valence-electron chi connectivity index (χ0n) is 22.7. The summed E-state index contributed by atoms with van der Waals surface area (Å²) in [6.07, 6.45) is 11.0. The van der Waals surface area contributed by atoms with Crippen LogP contribution in [0.4, 0.5) is 16.4 Å². The van der Waals surface area contributed by atoms with E-state index in [1.54, 1.807) is 6.20 Å². The maximum absolute atomic E-state index is 12.8. The standard InChI is InChI=1S/C28H28N10O3/c1-15-7-8-29-24(32-15)19-10-20(19)26(40)35-27-31-14-30-22(34-27)6-5-18-12-37-11-17(16-3-4-16)9-21(25(37)33-18)38-13-23(39)36(2)28(38)41/h7-9,11-12,14,16,19-20H,3-6,10,13H2,1-2H3,(H,30,31,34,35,40)/t19-,20-/m0/s1. The fourth-order valence-corrected chi connectivity index (χ4v) is 5.27. The zero-order chi connectivity index (χ0) is 28.2. The Labute approximate surface area is 235 Å². The molecule has 13 nitrogen and oxygen atoms in total. The smallest absolute Gasteiger partial charge is 0.305 e. The Morgan fingerprint density at radius 1 is 1.07 bits per heavy atom. The number of amides is 4. The van der Waals surface area contributed by atoms with Gasteiger partial charge < -0.3 is 4.40 Å². The molecule has 0 unspecified atom stereocenters. The van der Waals surface area contributed by atoms with E-state index in [9.17, 15) is 14.4 Å². The highest BCUT2D eigenvalue weighted by molar-refractivity contribution is 6.13. The molecule has 41 heavy (non-hydrogen) atoms. The van der Waals surface area contributed by atoms with E-state index in [0.29, 0.717) is 48.2 Å². The first-order chi connectivity index (χ1) is 19.8. The van der Waals surface area contributed by atoms with Crippen molar-refractivity contribution in [2.24, 2.45) is 5.92 Å². The van der Waals surface area contributed by atoms with Gasteiger partial charge in [0.2, 0.25) is 17.8 Å². The van der Waals surface area contributed by atoms with E-state index in [2.05, 4.69) is 36.4 Å². The predicted octanol–water partition coefficient (Wildman–Crippen LogP) is 2.42. The summed E-state index contributed by atoms with van der Waals surface area (Å²) in [4.78, 5) is 66.8. The minimum atomic E-state index is -0.349. The Bertz CT molecular complexity index is 1710. The van der Waals surface area contributed by atoms with Crippen LogP contribution in [0.25, 0.3) is 5.65 Å². The zero-order valence-corrected chi connectivity index (χ0v) is 22.7. The molecule has 13 heteroatoms. The predicted molar refractivity (Wildman–Crippen MR) is 146 cm³/mol. The van der Waals surface area contributed by atoms with Gasteiger partial charge in [0.15, 0.2) is 5.65 Å². The Kier molecular flexibility index (Phi) is 5.94. The lowest BCUT2D eigenvalue weighted by Gasteiger charge is -2.17. The van der Waals surface area contributed by atoms with Gasteiger partial charge in [-0.1, -0.05) is 0 Å². The monoisotopic (exact) mass is 552 g/mol. The van der Waals surface area contributed by atoms with Crippen molar-refractivity contribution in [3.8, 4) is 0 Å². The van der Waals surface area contributed by atoms with Gasteiger partial charge in [0.1, 0.15) is 24.5 Å². The number of rotatable bonds is 8. The van der Waals surface area contributed by atoms with Crippen molar-refractivity contribution in [1.82, 2.24) is 39.2 Å². The Hall–Kier alpha value is -4.81. The number of imide groups is 1. The molecule has 1 saturated heterocycles. The van der Waals surface area contributed by atoms with Crippen LogP contribution in [0, 0.1) is 12.8 Å². The summed E-state index contributed by atoms with van der Waals surface area (Å²) < 4.78 is 1.94. The van der Waals surface area contributed by atoms with Gasteiger partial charge in [0.05, 0.1) is 11.4 Å². The number of fused-ring (bicyclic) bond motifs is 1. The number of aryl methyl sites for hydroxylation is 3. The lowest BCUT2D eigenvalue weighted by molar-refractivity contribution is -0.124. The summed E-state index contributed by atoms with van der Waals surface area (Å²) in [5.74, 6) is 1.30. The molecule has 4 aromatic heterocycles. The van der Waals surface area contributed by atoms with Crippen molar-refractivity contribution in [3.05, 3.63) is 65.7 Å². The number of carbonyl (C=O) groups is 3. The number of imidazole rings is 1. The molecule has 2 aliphatic carbocycles. The van der Waals surface area contributed by atoms with Crippen LogP contribution in [-0.2, 0) is 22.4 Å². The highest BCUT2D eigenvalue weighted by Gasteiger charge is 2.46. The van der Waals surface area contributed by atoms with Crippen LogP contribution in [0.1, 0.15) is 59.7 Å². The van der Waals surface area contributed by atoms with Gasteiger partial charge in [-0.3, -0.25) is 24.7 Å². The van der Waals surface area contributed by atoms with Crippen LogP contribution >= 0.6 is 0 Å². The molecule has 7 rings (SSSR count). The van der Waals surface area contributed by atoms with Gasteiger partial charge >= 0.3 is 6.03 Å². The molecule has 0 bridgehead atoms. The Balaban J connectivity index is 1.05. The molecule has 1 N–H and O–H groups in total. The number of nitrogens with zero attached hydrogens (tertiary/aromatic N) is 9. The van der Waals surface area contributed by atoms with Crippen LogP contribution < -0.4 is 10.2 Å². The fraction of sp³-hybridized carbons (Fsp3) is 0.393. The molecule has 1 aliphatic heterocycles. The van der Waals surface area contributed by atoms with E-state index in [4.69, 9.17) is 4.98 Å². The second kappa shape index (κ2) is 9.68. The summed E-state index contributed by atoms with van der Waals surface area (Å²) in [6, 6.07) is 3.47. The quantitative estimate of drug-likeness (QED) is 0.325. The van der Waals surface area contributed by atoms with Crippen molar-refractivity contribution in [2.75, 3.05) is 23.8 Å². The average Bonchev–Trinajstić information content (AvgIpc) is 3.89. The Morgan fingerprint density at radius 2 is 1.93 bits per heavy atom. The summed E-state index contributed by atoms with van der Waals surface area (Å²) in [5, 5.41) is 2.81. The first-order valence-electron chi connectivity index (χ1n) is 13.7. The molecule has 2 saturated carbocycles. The van der Waals surface area contributed by atoms with E-state index >= 15 is 0 Å². The molecule has 0 aromatic carbocycles. The molecule has 0 radical (unpaired) electrons. The fourth-order valence-electron chi connectivity index (χ4n) is 5.27. The minimum absolute atomic E-state index is 0.000274. The third-order valence-corrected chi connectivity index (χ3v) is 7.86. The highest BCUT2D eigenvalue weighted by atomic mass is 16.2. The first-order valence-corrected chi connectivity index (χ1v) is 13.7. The number of carbonyl (C=O) groups excluding carboxylic acids is 3. The van der Waals surface area contributed by atoms with Crippen molar-refractivity contribution in [2.45, 2.75) is 50.9 Å². The van der Waals surface area contributed by atoms with Crippen molar-refractivity contribution < 1.29 is 14.4 Å². The molecule has 0 spiro atoms. The summed E-state index contributed by atoms with van der Waals surface area (Å²) in [5.41, 5.74) is 4.08. The second-order valence-electron chi connectivity index (χ2n) is 10.9. The summed E-state index contributed by atoms with van der Waals surface area (Å²) >= 11 is 0. The maximum atomic E-state index is 12.8. The van der Waals surface area contributed by atoms with Gasteiger partial charge in [-0.05, 0) is 56.2 Å². The molecule has 3 aliphatic rings. The van der Waals surface area contributed by atoms with E-state index in [0.717, 1.165) is 34.7 Å². The molecular formula is C28H28N10O3. The van der Waals surface area contributed by atoms with Crippen molar-refractivity contribution >= 4 is 35.1 Å². The van der Waals surface area contributed by atoms with Crippen LogP contribution in [0.15, 0.2) is 37.1 Å². The van der Waals surface area contributed by atoms with Crippen LogP contribution in [-0.4, -0.2) is 70.6 Å². The van der Waals surface area contributed by atoms with Gasteiger partial charge in [0.25, 0.3) is 0 Å². The molecule has 3 fully saturated rings. The lowest BCUT2D eigenvalue weighted by Crippen LogP contribution is -2.30. The topological polar surface area (TPSA) is 151 Å². The number of aromatic nitrogens is 7. The van der Waals surface area contributed by atoms with Gasteiger partial charge in [-0.2, -0.15) is 4.98 Å². The number of nitrogens with one attached hydrogen (secondary N) is 1. The molecule has 2 atom stereocenters. The van der Waals surface area contributed by atoms with Crippen LogP contribution in [0.2, 0.25) is 0 Å². The third kappa shape index (κ3) is 4.87. The minimum Gasteiger partial charge on any atom is -0.305 e. The van der Waals surface area contributed by atoms with Gasteiger partial charge in [-0.15, -0.1) is 0 Å². The largest absolute Gasteiger partial charge is 0.331 e. The summed E-state index contributed by atoms with van der Waals surface area (Å²) in [7, 11) is 1.50. The number of pyridine rings is 1. The van der Waals surface area contributed by atoms with E-state index in [1.807, 2.05) is 29.7 Å². The van der Waals surface area contributed by atoms with E-state index in [1.165, 1.54) is 18.3 Å². The maximum Gasteiger partial charge on any atom is 0.331 e. The molecule has 4 aromatic rings. The summed E-state index contributed by atoms with van der Waals surface area (Å²) in [6.45, 7) is 1.90. The molecule has 5 heterocycles. The first kappa shape index (κ1) is 25.2. The van der Waals surface area contributed by atoms with Crippen LogP contribution in [0.5, 0.6) is 0 Å². The molecule has 208 valence electrons. The normalized spacial score (nSPS) is 20.2. The average molecular weight is 553 g/mol. The lowest BCUT2D eigenvalue weighted by atomic mass is 10.1. The Morgan fingerprint density at radius 3 is 2.68 bits per heavy atom. The highest BCUT2D eigenvalue weighted by Crippen LogP contribution is 2.46. The number of urea groups is 1. The third-order valence-electron chi connectivity index (χ3n) is 7.86. The van der Waals surface area contributed by atoms with E-state index < -0.39 is 0 Å². The van der Waals surface area contributed by atoms with Crippen LogP contribution in [0.3, 0.4) is 0 Å². The molecular weight excluding hydrogens is 524 g/mol. The second-order valence-corrected chi connectivity index (χ2v) is 10.9. The SMILES string of the molecule is Cc1ccnc([C@H]2C[C@@H]2C(=O)Nc2ncnc(CCc3cn4cc(C5CC5)cc(N5CC(=O)N(C)C5=O)c4n3)n2)n1. The van der Waals surface area contributed by atoms with E-state index in [-0.39, 0.29) is 42.2 Å². The van der Waals surface area contributed by atoms with Crippen molar-refractivity contribution in [1.29, 1.82) is 0 Å². The molecule has 4 amide bonds. The number of likely N-dealkylation sites (N-methyl/N-ethyl adjacent to an activating group) is 1. The number of hydrogen-bond donors (Lipinski definition) is 1.